The summed E-state index contributed by atoms with van der Waals surface area (Å²) in [4.78, 5) is 13.2. The second-order valence-electron chi connectivity index (χ2n) is 12.1. The third-order valence-electron chi connectivity index (χ3n) is 9.35. The van der Waals surface area contributed by atoms with E-state index in [1.807, 2.05) is 18.5 Å². The topological polar surface area (TPSA) is 53.6 Å². The lowest BCUT2D eigenvalue weighted by Crippen LogP contribution is -2.51. The van der Waals surface area contributed by atoms with Gasteiger partial charge < -0.3 is 19.4 Å². The Labute approximate surface area is 244 Å². The molecule has 3 heterocycles. The number of nitrogens with one attached hydrogen (secondary N) is 1. The van der Waals surface area contributed by atoms with Gasteiger partial charge in [-0.05, 0) is 97.5 Å². The van der Waals surface area contributed by atoms with E-state index in [9.17, 15) is 0 Å². The Morgan fingerprint density at radius 1 is 0.854 bits per heavy atom. The average molecular weight is 553 g/mol. The van der Waals surface area contributed by atoms with E-state index in [0.717, 1.165) is 42.1 Å². The number of nitrogens with zero attached hydrogens (tertiary/aromatic N) is 3. The summed E-state index contributed by atoms with van der Waals surface area (Å²) in [6, 6.07) is 18.3. The van der Waals surface area contributed by atoms with Crippen LogP contribution in [0.25, 0.3) is 22.2 Å². The highest BCUT2D eigenvalue weighted by atomic mass is 16.5. The van der Waals surface area contributed by atoms with E-state index in [4.69, 9.17) is 9.47 Å². The number of H-pyrrole nitrogens is 1. The fourth-order valence-electron chi connectivity index (χ4n) is 7.15. The van der Waals surface area contributed by atoms with Crippen LogP contribution in [-0.4, -0.2) is 61.3 Å². The average Bonchev–Trinajstić information content (AvgIpc) is 3.41. The number of hydrogen-bond acceptors (Lipinski definition) is 5. The summed E-state index contributed by atoms with van der Waals surface area (Å²) >= 11 is 0. The van der Waals surface area contributed by atoms with Gasteiger partial charge in [0.2, 0.25) is 0 Å². The van der Waals surface area contributed by atoms with Crippen molar-refractivity contribution in [1.82, 2.24) is 14.9 Å². The first-order valence-corrected chi connectivity index (χ1v) is 15.3. The lowest BCUT2D eigenvalue weighted by Gasteiger charge is -2.42. The van der Waals surface area contributed by atoms with Crippen LogP contribution in [0.3, 0.4) is 0 Å². The van der Waals surface area contributed by atoms with Gasteiger partial charge in [-0.25, -0.2) is 0 Å². The van der Waals surface area contributed by atoms with Gasteiger partial charge in [-0.15, -0.1) is 0 Å². The minimum Gasteiger partial charge on any atom is -0.493 e. The molecule has 1 aliphatic heterocycles. The molecule has 1 saturated carbocycles. The van der Waals surface area contributed by atoms with Crippen LogP contribution in [0.15, 0.2) is 60.9 Å². The SMILES string of the molecule is COc1ccc(-c2[nH]c3ccc(CC4CCC(N5CCN(c6ccncc6)CC5)CC4)cc3c2C(C)C)cc1OC. The molecule has 2 fully saturated rings. The van der Waals surface area contributed by atoms with Gasteiger partial charge in [-0.3, -0.25) is 9.88 Å². The Kier molecular flexibility index (Phi) is 8.20. The van der Waals surface area contributed by atoms with E-state index in [-0.39, 0.29) is 0 Å². The largest absolute Gasteiger partial charge is 0.493 e. The number of methoxy groups -OCH3 is 2. The normalized spacial score (nSPS) is 20.1. The third-order valence-corrected chi connectivity index (χ3v) is 9.35. The van der Waals surface area contributed by atoms with Gasteiger partial charge in [0.05, 0.1) is 19.9 Å². The highest BCUT2D eigenvalue weighted by Crippen LogP contribution is 2.40. The second kappa shape index (κ2) is 12.2. The maximum Gasteiger partial charge on any atom is 0.161 e. The zero-order valence-electron chi connectivity index (χ0n) is 25.0. The Morgan fingerprint density at radius 2 is 1.59 bits per heavy atom. The minimum atomic E-state index is 0.400. The predicted octanol–water partition coefficient (Wildman–Crippen LogP) is 7.29. The molecule has 1 saturated heterocycles. The van der Waals surface area contributed by atoms with Crippen molar-refractivity contribution in [1.29, 1.82) is 0 Å². The summed E-state index contributed by atoms with van der Waals surface area (Å²) in [6.45, 7) is 9.15. The zero-order valence-corrected chi connectivity index (χ0v) is 25.0. The fourth-order valence-corrected chi connectivity index (χ4v) is 7.15. The molecule has 41 heavy (non-hydrogen) atoms. The number of hydrogen-bond donors (Lipinski definition) is 1. The molecule has 2 aromatic heterocycles. The minimum absolute atomic E-state index is 0.400. The van der Waals surface area contributed by atoms with E-state index in [0.29, 0.717) is 5.92 Å². The highest BCUT2D eigenvalue weighted by Gasteiger charge is 2.29. The number of benzene rings is 2. The number of aromatic nitrogens is 2. The maximum absolute atomic E-state index is 5.60. The number of rotatable bonds is 8. The number of ether oxygens (including phenoxy) is 2. The van der Waals surface area contributed by atoms with Gasteiger partial charge in [0, 0.05) is 66.8 Å². The van der Waals surface area contributed by atoms with Gasteiger partial charge in [0.1, 0.15) is 0 Å². The molecule has 0 radical (unpaired) electrons. The molecular weight excluding hydrogens is 508 g/mol. The first-order chi connectivity index (χ1) is 20.0. The van der Waals surface area contributed by atoms with E-state index in [2.05, 4.69) is 76.1 Å². The summed E-state index contributed by atoms with van der Waals surface area (Å²) in [7, 11) is 3.37. The molecular formula is C35H44N4O2. The second-order valence-corrected chi connectivity index (χ2v) is 12.1. The smallest absolute Gasteiger partial charge is 0.161 e. The van der Waals surface area contributed by atoms with Crippen molar-refractivity contribution in [3.63, 3.8) is 0 Å². The molecule has 6 rings (SSSR count). The van der Waals surface area contributed by atoms with Crippen molar-refractivity contribution in [2.45, 2.75) is 57.9 Å². The molecule has 4 aromatic rings. The van der Waals surface area contributed by atoms with Crippen LogP contribution in [-0.2, 0) is 6.42 Å². The molecule has 2 aliphatic rings. The third kappa shape index (κ3) is 5.80. The number of piperazine rings is 1. The molecule has 216 valence electrons. The summed E-state index contributed by atoms with van der Waals surface area (Å²) in [5, 5.41) is 1.35. The summed E-state index contributed by atoms with van der Waals surface area (Å²) in [5.74, 6) is 2.68. The van der Waals surface area contributed by atoms with Gasteiger partial charge >= 0.3 is 0 Å². The zero-order chi connectivity index (χ0) is 28.3. The molecule has 0 amide bonds. The molecule has 0 unspecified atom stereocenters. The summed E-state index contributed by atoms with van der Waals surface area (Å²) in [5.41, 5.74) is 7.66. The van der Waals surface area contributed by atoms with Crippen molar-refractivity contribution >= 4 is 16.6 Å². The molecule has 6 nitrogen and oxygen atoms in total. The number of anilines is 1. The van der Waals surface area contributed by atoms with Gasteiger partial charge in [0.15, 0.2) is 11.5 Å². The van der Waals surface area contributed by atoms with Crippen LogP contribution in [0, 0.1) is 5.92 Å². The van der Waals surface area contributed by atoms with Crippen molar-refractivity contribution < 1.29 is 9.47 Å². The predicted molar refractivity (Wildman–Crippen MR) is 168 cm³/mol. The van der Waals surface area contributed by atoms with Gasteiger partial charge in [0.25, 0.3) is 0 Å². The van der Waals surface area contributed by atoms with E-state index < -0.39 is 0 Å². The first kappa shape index (κ1) is 27.6. The van der Waals surface area contributed by atoms with Gasteiger partial charge in [-0.2, -0.15) is 0 Å². The Hall–Kier alpha value is -3.51. The number of fused-ring (bicyclic) bond motifs is 1. The fraction of sp³-hybridized carbons (Fsp3) is 0.457. The highest BCUT2D eigenvalue weighted by molar-refractivity contribution is 5.92. The molecule has 0 spiro atoms. The van der Waals surface area contributed by atoms with Crippen molar-refractivity contribution in [3.8, 4) is 22.8 Å². The first-order valence-electron chi connectivity index (χ1n) is 15.3. The van der Waals surface area contributed by atoms with Crippen molar-refractivity contribution in [3.05, 3.63) is 72.1 Å². The molecule has 6 heteroatoms. The van der Waals surface area contributed by atoms with E-state index in [1.165, 1.54) is 78.6 Å². The van der Waals surface area contributed by atoms with Crippen LogP contribution < -0.4 is 14.4 Å². The standard InChI is InChI=1S/C35H44N4O2/c1-24(2)34-30-22-26(7-11-31(30)37-35(34)27-8-12-32(40-3)33(23-27)41-4)21-25-5-9-28(10-6-25)38-17-19-39(20-18-38)29-13-15-36-16-14-29/h7-8,11-16,22-25,28,37H,5-6,9-10,17-21H2,1-4H3. The summed E-state index contributed by atoms with van der Waals surface area (Å²) < 4.78 is 11.1. The quantitative estimate of drug-likeness (QED) is 0.249. The summed E-state index contributed by atoms with van der Waals surface area (Å²) in [6.07, 6.45) is 10.3. The van der Waals surface area contributed by atoms with Crippen LogP contribution in [0.2, 0.25) is 0 Å². The Bertz CT molecular complexity index is 1450. The van der Waals surface area contributed by atoms with Crippen LogP contribution in [0.4, 0.5) is 5.69 Å². The van der Waals surface area contributed by atoms with E-state index in [1.54, 1.807) is 14.2 Å². The van der Waals surface area contributed by atoms with Crippen molar-refractivity contribution in [2.24, 2.45) is 5.92 Å². The van der Waals surface area contributed by atoms with E-state index >= 15 is 0 Å². The van der Waals surface area contributed by atoms with Crippen LogP contribution in [0.5, 0.6) is 11.5 Å². The number of aromatic amines is 1. The van der Waals surface area contributed by atoms with Crippen molar-refractivity contribution in [2.75, 3.05) is 45.3 Å². The molecule has 2 aromatic carbocycles. The van der Waals surface area contributed by atoms with Crippen LogP contribution in [0.1, 0.15) is 56.6 Å². The molecule has 1 aliphatic carbocycles. The molecule has 0 bridgehead atoms. The number of pyridine rings is 1. The Morgan fingerprint density at radius 3 is 2.27 bits per heavy atom. The molecule has 1 N–H and O–H groups in total. The van der Waals surface area contributed by atoms with Crippen LogP contribution >= 0.6 is 0 Å². The Balaban J connectivity index is 1.11. The molecule has 0 atom stereocenters. The lowest BCUT2D eigenvalue weighted by molar-refractivity contribution is 0.129. The monoisotopic (exact) mass is 552 g/mol. The maximum atomic E-state index is 5.60. The lowest BCUT2D eigenvalue weighted by atomic mass is 9.81. The van der Waals surface area contributed by atoms with Gasteiger partial charge in [-0.1, -0.05) is 19.9 Å².